The fourth-order valence-corrected chi connectivity index (χ4v) is 2.37. The van der Waals surface area contributed by atoms with Crippen LogP contribution in [0.25, 0.3) is 0 Å². The Morgan fingerprint density at radius 1 is 1.47 bits per heavy atom. The minimum Gasteiger partial charge on any atom is -0.466 e. The monoisotopic (exact) mass is 238 g/mol. The number of hydrogen-bond acceptors (Lipinski definition) is 3. The molecular formula is C14H22O3. The van der Waals surface area contributed by atoms with Gasteiger partial charge in [-0.1, -0.05) is 32.3 Å². The summed E-state index contributed by atoms with van der Waals surface area (Å²) in [5.41, 5.74) is 0. The molecule has 3 heteroatoms. The lowest BCUT2D eigenvalue weighted by atomic mass is 9.82. The topological polar surface area (TPSA) is 43.4 Å². The average molecular weight is 238 g/mol. The number of cyclic esters (lactones) is 1. The third kappa shape index (κ3) is 5.16. The second kappa shape index (κ2) is 8.04. The van der Waals surface area contributed by atoms with Crippen LogP contribution >= 0.6 is 0 Å². The van der Waals surface area contributed by atoms with Crippen molar-refractivity contribution in [1.29, 1.82) is 0 Å². The smallest absolute Gasteiger partial charge is 0.306 e. The Labute approximate surface area is 103 Å². The van der Waals surface area contributed by atoms with Gasteiger partial charge in [0.05, 0.1) is 6.61 Å². The molecule has 0 radical (unpaired) electrons. The fraction of sp³-hybridized carbons (Fsp3) is 0.714. The standard InChI is InChI=1S/C14H22O3/c1-2-3-4-6-12(7-5-9-15)13-8-10-17-14(16)11-13/h5,7,9,12-13H,2-4,6,8,10-11H2,1H3/b7-5+. The zero-order chi connectivity index (χ0) is 12.5. The first kappa shape index (κ1) is 13.9. The maximum atomic E-state index is 11.3. The van der Waals surface area contributed by atoms with Crippen LogP contribution in [-0.2, 0) is 14.3 Å². The predicted molar refractivity (Wildman–Crippen MR) is 66.5 cm³/mol. The van der Waals surface area contributed by atoms with Crippen molar-refractivity contribution in [2.45, 2.75) is 45.4 Å². The summed E-state index contributed by atoms with van der Waals surface area (Å²) < 4.78 is 4.96. The van der Waals surface area contributed by atoms with Gasteiger partial charge in [0.15, 0.2) is 0 Å². The Hall–Kier alpha value is -1.12. The molecule has 0 N–H and O–H groups in total. The Morgan fingerprint density at radius 3 is 2.94 bits per heavy atom. The first-order chi connectivity index (χ1) is 8.27. The highest BCUT2D eigenvalue weighted by Crippen LogP contribution is 2.29. The van der Waals surface area contributed by atoms with Gasteiger partial charge in [0.1, 0.15) is 6.29 Å². The maximum Gasteiger partial charge on any atom is 0.306 e. The molecule has 1 aliphatic rings. The Bertz CT molecular complexity index is 271. The Kier molecular flexibility index (Phi) is 6.60. The van der Waals surface area contributed by atoms with Gasteiger partial charge in [-0.15, -0.1) is 0 Å². The van der Waals surface area contributed by atoms with Crippen LogP contribution < -0.4 is 0 Å². The molecule has 17 heavy (non-hydrogen) atoms. The lowest BCUT2D eigenvalue weighted by Gasteiger charge is -2.27. The van der Waals surface area contributed by atoms with Crippen molar-refractivity contribution in [3.05, 3.63) is 12.2 Å². The van der Waals surface area contributed by atoms with Crippen molar-refractivity contribution in [2.24, 2.45) is 11.8 Å². The van der Waals surface area contributed by atoms with Crippen molar-refractivity contribution >= 4 is 12.3 Å². The summed E-state index contributed by atoms with van der Waals surface area (Å²) in [6.07, 6.45) is 10.4. The van der Waals surface area contributed by atoms with Crippen molar-refractivity contribution in [3.63, 3.8) is 0 Å². The number of unbranched alkanes of at least 4 members (excludes halogenated alkanes) is 2. The molecule has 0 aliphatic carbocycles. The van der Waals surface area contributed by atoms with Crippen molar-refractivity contribution in [2.75, 3.05) is 6.61 Å². The minimum absolute atomic E-state index is 0.0961. The van der Waals surface area contributed by atoms with Crippen LogP contribution in [0, 0.1) is 11.8 Å². The van der Waals surface area contributed by atoms with E-state index in [1.54, 1.807) is 6.08 Å². The van der Waals surface area contributed by atoms with Gasteiger partial charge in [-0.25, -0.2) is 0 Å². The number of ether oxygens (including phenoxy) is 1. The fourth-order valence-electron chi connectivity index (χ4n) is 2.37. The number of aldehydes is 1. The van der Waals surface area contributed by atoms with Crippen molar-refractivity contribution < 1.29 is 14.3 Å². The summed E-state index contributed by atoms with van der Waals surface area (Å²) in [6.45, 7) is 2.71. The maximum absolute atomic E-state index is 11.3. The van der Waals surface area contributed by atoms with Crippen LogP contribution in [0.5, 0.6) is 0 Å². The summed E-state index contributed by atoms with van der Waals surface area (Å²) in [4.78, 5) is 21.7. The van der Waals surface area contributed by atoms with Gasteiger partial charge in [-0.05, 0) is 30.8 Å². The molecule has 0 amide bonds. The molecule has 1 aliphatic heterocycles. The van der Waals surface area contributed by atoms with Crippen LogP contribution in [0.2, 0.25) is 0 Å². The third-order valence-electron chi connectivity index (χ3n) is 3.36. The highest BCUT2D eigenvalue weighted by atomic mass is 16.5. The molecule has 0 aromatic rings. The molecule has 1 saturated heterocycles. The molecule has 0 spiro atoms. The van der Waals surface area contributed by atoms with Crippen LogP contribution in [0.4, 0.5) is 0 Å². The molecule has 0 aromatic carbocycles. The summed E-state index contributed by atoms with van der Waals surface area (Å²) in [5, 5.41) is 0. The summed E-state index contributed by atoms with van der Waals surface area (Å²) in [6, 6.07) is 0. The molecule has 2 unspecified atom stereocenters. The lowest BCUT2D eigenvalue weighted by Crippen LogP contribution is -2.26. The van der Waals surface area contributed by atoms with Crippen molar-refractivity contribution in [3.8, 4) is 0 Å². The summed E-state index contributed by atoms with van der Waals surface area (Å²) in [7, 11) is 0. The molecule has 1 fully saturated rings. The number of hydrogen-bond donors (Lipinski definition) is 0. The normalized spacial score (nSPS) is 22.4. The van der Waals surface area contributed by atoms with E-state index in [0.717, 1.165) is 25.5 Å². The van der Waals surface area contributed by atoms with E-state index in [2.05, 4.69) is 6.92 Å². The number of esters is 1. The Balaban J connectivity index is 2.50. The number of rotatable bonds is 7. The highest BCUT2D eigenvalue weighted by molar-refractivity contribution is 5.70. The zero-order valence-electron chi connectivity index (χ0n) is 10.6. The Morgan fingerprint density at radius 2 is 2.29 bits per heavy atom. The summed E-state index contributed by atoms with van der Waals surface area (Å²) >= 11 is 0. The molecular weight excluding hydrogens is 216 g/mol. The molecule has 96 valence electrons. The molecule has 0 bridgehead atoms. The van der Waals surface area contributed by atoms with Crippen molar-refractivity contribution in [1.82, 2.24) is 0 Å². The second-order valence-electron chi connectivity index (χ2n) is 4.65. The predicted octanol–water partition coefficient (Wildman–Crippen LogP) is 2.89. The quantitative estimate of drug-likeness (QED) is 0.296. The van der Waals surface area contributed by atoms with Crippen LogP contribution in [0.1, 0.15) is 45.4 Å². The molecule has 0 saturated carbocycles. The van der Waals surface area contributed by atoms with Gasteiger partial charge < -0.3 is 4.74 Å². The molecule has 2 atom stereocenters. The molecule has 0 aromatic heterocycles. The number of carbonyl (C=O) groups is 2. The van der Waals surface area contributed by atoms with Gasteiger partial charge in [0.2, 0.25) is 0 Å². The molecule has 1 rings (SSSR count). The molecule has 3 nitrogen and oxygen atoms in total. The largest absolute Gasteiger partial charge is 0.466 e. The zero-order valence-corrected chi connectivity index (χ0v) is 10.6. The first-order valence-electron chi connectivity index (χ1n) is 6.55. The van der Waals surface area contributed by atoms with Gasteiger partial charge in [0, 0.05) is 6.42 Å². The van der Waals surface area contributed by atoms with E-state index in [9.17, 15) is 9.59 Å². The van der Waals surface area contributed by atoms with Gasteiger partial charge in [-0.2, -0.15) is 0 Å². The second-order valence-corrected chi connectivity index (χ2v) is 4.65. The summed E-state index contributed by atoms with van der Waals surface area (Å²) in [5.74, 6) is 0.602. The van der Waals surface area contributed by atoms with Gasteiger partial charge in [0.25, 0.3) is 0 Å². The van der Waals surface area contributed by atoms with E-state index in [0.29, 0.717) is 24.9 Å². The minimum atomic E-state index is -0.0961. The van der Waals surface area contributed by atoms with E-state index in [4.69, 9.17) is 4.74 Å². The SMILES string of the molecule is CCCCCC(/C=C/C=O)C1CCOC(=O)C1. The van der Waals surface area contributed by atoms with E-state index in [1.807, 2.05) is 6.08 Å². The van der Waals surface area contributed by atoms with Crippen LogP contribution in [0.3, 0.4) is 0 Å². The molecule has 1 heterocycles. The van der Waals surface area contributed by atoms with E-state index >= 15 is 0 Å². The lowest BCUT2D eigenvalue weighted by molar-refractivity contribution is -0.149. The van der Waals surface area contributed by atoms with E-state index in [-0.39, 0.29) is 5.97 Å². The van der Waals surface area contributed by atoms with E-state index in [1.165, 1.54) is 12.8 Å². The number of allylic oxidation sites excluding steroid dienone is 2. The van der Waals surface area contributed by atoms with E-state index < -0.39 is 0 Å². The number of carbonyl (C=O) groups excluding carboxylic acids is 2. The third-order valence-corrected chi connectivity index (χ3v) is 3.36. The van der Waals surface area contributed by atoms with Crippen LogP contribution in [-0.4, -0.2) is 18.9 Å². The average Bonchev–Trinajstić information content (AvgIpc) is 2.33. The van der Waals surface area contributed by atoms with Gasteiger partial charge >= 0.3 is 5.97 Å². The highest BCUT2D eigenvalue weighted by Gasteiger charge is 2.26. The first-order valence-corrected chi connectivity index (χ1v) is 6.55. The van der Waals surface area contributed by atoms with Crippen LogP contribution in [0.15, 0.2) is 12.2 Å². The van der Waals surface area contributed by atoms with Gasteiger partial charge in [-0.3, -0.25) is 9.59 Å².